The molecule has 152 valence electrons. The van der Waals surface area contributed by atoms with Gasteiger partial charge in [-0.1, -0.05) is 36.4 Å². The van der Waals surface area contributed by atoms with Gasteiger partial charge in [0, 0.05) is 32.3 Å². The Morgan fingerprint density at radius 1 is 1.17 bits per heavy atom. The van der Waals surface area contributed by atoms with E-state index in [-0.39, 0.29) is 37.2 Å². The van der Waals surface area contributed by atoms with E-state index in [4.69, 9.17) is 4.74 Å². The number of benzene rings is 1. The predicted molar refractivity (Wildman–Crippen MR) is 106 cm³/mol. The molecule has 1 aromatic carbocycles. The highest BCUT2D eigenvalue weighted by Crippen LogP contribution is 2.23. The molecule has 7 heteroatoms. The molecule has 1 aliphatic rings. The fourth-order valence-corrected chi connectivity index (χ4v) is 3.44. The molecule has 0 radical (unpaired) electrons. The van der Waals surface area contributed by atoms with Crippen LogP contribution >= 0.6 is 0 Å². The van der Waals surface area contributed by atoms with Gasteiger partial charge < -0.3 is 14.5 Å². The zero-order valence-corrected chi connectivity index (χ0v) is 16.5. The summed E-state index contributed by atoms with van der Waals surface area (Å²) < 4.78 is 4.71. The van der Waals surface area contributed by atoms with Crippen molar-refractivity contribution >= 4 is 17.8 Å². The van der Waals surface area contributed by atoms with Crippen molar-refractivity contribution in [3.8, 4) is 0 Å². The molecule has 29 heavy (non-hydrogen) atoms. The van der Waals surface area contributed by atoms with Crippen molar-refractivity contribution in [1.82, 2.24) is 14.8 Å². The molecule has 0 bridgehead atoms. The molecule has 2 amide bonds. The zero-order chi connectivity index (χ0) is 20.6. The molecule has 0 aliphatic carbocycles. The molecule has 2 heterocycles. The van der Waals surface area contributed by atoms with Crippen LogP contribution in [0.4, 0.5) is 0 Å². The Morgan fingerprint density at radius 3 is 2.62 bits per heavy atom. The van der Waals surface area contributed by atoms with Crippen LogP contribution in [-0.2, 0) is 32.2 Å². The number of esters is 1. The van der Waals surface area contributed by atoms with Crippen molar-refractivity contribution in [2.75, 3.05) is 20.2 Å². The van der Waals surface area contributed by atoms with Crippen LogP contribution in [0.1, 0.15) is 24.1 Å². The van der Waals surface area contributed by atoms with Crippen molar-refractivity contribution in [2.24, 2.45) is 5.92 Å². The largest absolute Gasteiger partial charge is 0.469 e. The highest BCUT2D eigenvalue weighted by atomic mass is 16.5. The third-order valence-corrected chi connectivity index (χ3v) is 4.98. The summed E-state index contributed by atoms with van der Waals surface area (Å²) in [4.78, 5) is 44.8. The summed E-state index contributed by atoms with van der Waals surface area (Å²) in [6, 6.07) is 15.2. The van der Waals surface area contributed by atoms with E-state index in [1.165, 1.54) is 7.11 Å². The minimum atomic E-state index is -0.424. The molecule has 3 rings (SSSR count). The van der Waals surface area contributed by atoms with Crippen molar-refractivity contribution < 1.29 is 19.1 Å². The standard InChI is InChI=1S/C22H25N3O4/c1-29-21(27)10-12-24(14-17-7-3-2-4-8-17)22(28)18-13-20(26)25(15-18)16-19-9-5-6-11-23-19/h2-9,11,18H,10,12-16H2,1H3. The number of methoxy groups -OCH3 is 1. The highest BCUT2D eigenvalue weighted by molar-refractivity contribution is 5.89. The molecule has 1 aliphatic heterocycles. The first-order valence-electron chi connectivity index (χ1n) is 9.64. The molecule has 1 atom stereocenters. The van der Waals surface area contributed by atoms with E-state index >= 15 is 0 Å². The Balaban J connectivity index is 1.67. The number of rotatable bonds is 8. The fraction of sp³-hybridized carbons (Fsp3) is 0.364. The lowest BCUT2D eigenvalue weighted by Crippen LogP contribution is -2.38. The van der Waals surface area contributed by atoms with Crippen LogP contribution in [0.15, 0.2) is 54.7 Å². The number of carbonyl (C=O) groups is 3. The zero-order valence-electron chi connectivity index (χ0n) is 16.5. The maximum atomic E-state index is 13.2. The van der Waals surface area contributed by atoms with Gasteiger partial charge in [-0.25, -0.2) is 0 Å². The lowest BCUT2D eigenvalue weighted by Gasteiger charge is -2.25. The number of hydrogen-bond donors (Lipinski definition) is 0. The SMILES string of the molecule is COC(=O)CCN(Cc1ccccc1)C(=O)C1CC(=O)N(Cc2ccccn2)C1. The second kappa shape index (κ2) is 9.82. The Hall–Kier alpha value is -3.22. The fourth-order valence-electron chi connectivity index (χ4n) is 3.44. The van der Waals surface area contributed by atoms with Gasteiger partial charge in [-0.3, -0.25) is 19.4 Å². The van der Waals surface area contributed by atoms with Gasteiger partial charge in [0.05, 0.1) is 31.7 Å². The third-order valence-electron chi connectivity index (χ3n) is 4.98. The van der Waals surface area contributed by atoms with Crippen LogP contribution in [0, 0.1) is 5.92 Å². The van der Waals surface area contributed by atoms with E-state index in [2.05, 4.69) is 4.98 Å². The van der Waals surface area contributed by atoms with Gasteiger partial charge in [0.2, 0.25) is 11.8 Å². The van der Waals surface area contributed by atoms with E-state index in [0.717, 1.165) is 11.3 Å². The molecule has 0 spiro atoms. The summed E-state index contributed by atoms with van der Waals surface area (Å²) in [5, 5.41) is 0. The van der Waals surface area contributed by atoms with E-state index in [9.17, 15) is 14.4 Å². The molecule has 2 aromatic rings. The monoisotopic (exact) mass is 395 g/mol. The molecule has 1 unspecified atom stereocenters. The molecule has 7 nitrogen and oxygen atoms in total. The second-order valence-electron chi connectivity index (χ2n) is 7.07. The first-order valence-corrected chi connectivity index (χ1v) is 9.64. The smallest absolute Gasteiger partial charge is 0.307 e. The molecule has 0 saturated carbocycles. The van der Waals surface area contributed by atoms with Gasteiger partial charge in [-0.15, -0.1) is 0 Å². The van der Waals surface area contributed by atoms with Crippen LogP contribution in [0.3, 0.4) is 0 Å². The first-order chi connectivity index (χ1) is 14.1. The Bertz CT molecular complexity index is 842. The van der Waals surface area contributed by atoms with Crippen molar-refractivity contribution in [3.63, 3.8) is 0 Å². The molecule has 1 fully saturated rings. The normalized spacial score (nSPS) is 16.0. The molecular formula is C22H25N3O4. The Kier molecular flexibility index (Phi) is 6.94. The number of ether oxygens (including phenoxy) is 1. The number of amides is 2. The average molecular weight is 395 g/mol. The number of carbonyl (C=O) groups excluding carboxylic acids is 3. The number of likely N-dealkylation sites (tertiary alicyclic amines) is 1. The lowest BCUT2D eigenvalue weighted by atomic mass is 10.1. The van der Waals surface area contributed by atoms with Gasteiger partial charge in [0.1, 0.15) is 0 Å². The highest BCUT2D eigenvalue weighted by Gasteiger charge is 2.36. The number of pyridine rings is 1. The lowest BCUT2D eigenvalue weighted by molar-refractivity contribution is -0.142. The average Bonchev–Trinajstić information content (AvgIpc) is 3.12. The maximum absolute atomic E-state index is 13.2. The van der Waals surface area contributed by atoms with Crippen LogP contribution in [0.5, 0.6) is 0 Å². The van der Waals surface area contributed by atoms with E-state index in [0.29, 0.717) is 19.6 Å². The maximum Gasteiger partial charge on any atom is 0.307 e. The summed E-state index contributed by atoms with van der Waals surface area (Å²) in [5.41, 5.74) is 1.76. The Labute approximate surface area is 170 Å². The Morgan fingerprint density at radius 2 is 1.93 bits per heavy atom. The second-order valence-corrected chi connectivity index (χ2v) is 7.07. The topological polar surface area (TPSA) is 79.8 Å². The molecular weight excluding hydrogens is 370 g/mol. The third kappa shape index (κ3) is 5.63. The summed E-state index contributed by atoms with van der Waals surface area (Å²) in [6.07, 6.45) is 1.98. The van der Waals surface area contributed by atoms with Crippen LogP contribution < -0.4 is 0 Å². The van der Waals surface area contributed by atoms with Crippen molar-refractivity contribution in [2.45, 2.75) is 25.9 Å². The first kappa shape index (κ1) is 20.5. The van der Waals surface area contributed by atoms with Gasteiger partial charge in [-0.2, -0.15) is 0 Å². The summed E-state index contributed by atoms with van der Waals surface area (Å²) >= 11 is 0. The molecule has 1 aromatic heterocycles. The number of hydrogen-bond acceptors (Lipinski definition) is 5. The minimum Gasteiger partial charge on any atom is -0.469 e. The van der Waals surface area contributed by atoms with Gasteiger partial charge >= 0.3 is 5.97 Å². The predicted octanol–water partition coefficient (Wildman–Crippen LogP) is 2.02. The van der Waals surface area contributed by atoms with Crippen LogP contribution in [-0.4, -0.2) is 52.8 Å². The summed E-state index contributed by atoms with van der Waals surface area (Å²) in [7, 11) is 1.33. The summed E-state index contributed by atoms with van der Waals surface area (Å²) in [5.74, 6) is -0.959. The van der Waals surface area contributed by atoms with Crippen molar-refractivity contribution in [1.29, 1.82) is 0 Å². The minimum absolute atomic E-state index is 0.0540. The van der Waals surface area contributed by atoms with Gasteiger partial charge in [0.15, 0.2) is 0 Å². The van der Waals surface area contributed by atoms with E-state index in [1.807, 2.05) is 48.5 Å². The molecule has 1 saturated heterocycles. The summed E-state index contributed by atoms with van der Waals surface area (Å²) in [6.45, 7) is 1.40. The number of aromatic nitrogens is 1. The van der Waals surface area contributed by atoms with E-state index < -0.39 is 5.92 Å². The molecule has 0 N–H and O–H groups in total. The van der Waals surface area contributed by atoms with Gasteiger partial charge in [0.25, 0.3) is 0 Å². The van der Waals surface area contributed by atoms with Gasteiger partial charge in [-0.05, 0) is 17.7 Å². The number of nitrogens with zero attached hydrogens (tertiary/aromatic N) is 3. The van der Waals surface area contributed by atoms with Crippen molar-refractivity contribution in [3.05, 3.63) is 66.0 Å². The van der Waals surface area contributed by atoms with Crippen LogP contribution in [0.25, 0.3) is 0 Å². The quantitative estimate of drug-likeness (QED) is 0.639. The van der Waals surface area contributed by atoms with Crippen LogP contribution in [0.2, 0.25) is 0 Å². The van der Waals surface area contributed by atoms with E-state index in [1.54, 1.807) is 16.0 Å².